The summed E-state index contributed by atoms with van der Waals surface area (Å²) in [5, 5.41) is 3.41. The van der Waals surface area contributed by atoms with Gasteiger partial charge in [0.1, 0.15) is 0 Å². The Labute approximate surface area is 133 Å². The van der Waals surface area contributed by atoms with E-state index in [1.54, 1.807) is 0 Å². The van der Waals surface area contributed by atoms with Gasteiger partial charge >= 0.3 is 0 Å². The molecule has 0 saturated carbocycles. The molecule has 0 spiro atoms. The van der Waals surface area contributed by atoms with E-state index in [2.05, 4.69) is 15.3 Å². The van der Waals surface area contributed by atoms with Crippen molar-refractivity contribution in [3.63, 3.8) is 0 Å². The van der Waals surface area contributed by atoms with Crippen LogP contribution in [0.25, 0.3) is 0 Å². The molecule has 2 fully saturated rings. The number of H-pyrrole nitrogens is 1. The number of aromatic nitrogens is 2. The Balaban J connectivity index is 1.73. The van der Waals surface area contributed by atoms with Crippen LogP contribution in [0, 0.1) is 11.8 Å². The Kier molecular flexibility index (Phi) is 3.46. The SMILES string of the molecule is O=C(c1ncc[nH]c1=O)N1C[C@@H]2CNC[C@@H]2[C@H]1c1ccccc1. The van der Waals surface area contributed by atoms with E-state index in [1.807, 2.05) is 35.2 Å². The lowest BCUT2D eigenvalue weighted by molar-refractivity contribution is 0.0706. The lowest BCUT2D eigenvalue weighted by Crippen LogP contribution is -2.38. The van der Waals surface area contributed by atoms with Gasteiger partial charge in [-0.05, 0) is 11.5 Å². The second kappa shape index (κ2) is 5.62. The fourth-order valence-corrected chi connectivity index (χ4v) is 3.85. The van der Waals surface area contributed by atoms with Gasteiger partial charge in [-0.25, -0.2) is 4.98 Å². The van der Waals surface area contributed by atoms with Crippen LogP contribution in [-0.2, 0) is 0 Å². The molecular weight excluding hydrogens is 292 g/mol. The van der Waals surface area contributed by atoms with Crippen molar-refractivity contribution >= 4 is 5.91 Å². The van der Waals surface area contributed by atoms with Gasteiger partial charge in [0.25, 0.3) is 11.5 Å². The molecule has 4 rings (SSSR count). The highest BCUT2D eigenvalue weighted by Gasteiger charge is 2.47. The number of carbonyl (C=O) groups excluding carboxylic acids is 1. The quantitative estimate of drug-likeness (QED) is 0.860. The molecule has 6 heteroatoms. The molecule has 0 radical (unpaired) electrons. The van der Waals surface area contributed by atoms with E-state index < -0.39 is 5.56 Å². The average molecular weight is 310 g/mol. The van der Waals surface area contributed by atoms with E-state index in [0.29, 0.717) is 18.4 Å². The van der Waals surface area contributed by atoms with E-state index in [4.69, 9.17) is 0 Å². The van der Waals surface area contributed by atoms with Gasteiger partial charge in [0.05, 0.1) is 6.04 Å². The van der Waals surface area contributed by atoms with Crippen molar-refractivity contribution in [2.24, 2.45) is 11.8 Å². The van der Waals surface area contributed by atoms with Gasteiger partial charge in [0.2, 0.25) is 0 Å². The molecule has 2 aromatic rings. The van der Waals surface area contributed by atoms with Crippen LogP contribution in [-0.4, -0.2) is 40.4 Å². The topological polar surface area (TPSA) is 78.1 Å². The molecule has 6 nitrogen and oxygen atoms in total. The van der Waals surface area contributed by atoms with E-state index >= 15 is 0 Å². The number of likely N-dealkylation sites (tertiary alicyclic amines) is 1. The second-order valence-corrected chi connectivity index (χ2v) is 6.16. The molecular formula is C17H18N4O2. The number of fused-ring (bicyclic) bond motifs is 1. The summed E-state index contributed by atoms with van der Waals surface area (Å²) in [6.45, 7) is 2.47. The zero-order chi connectivity index (χ0) is 15.8. The third-order valence-electron chi connectivity index (χ3n) is 4.88. The van der Waals surface area contributed by atoms with Gasteiger partial charge in [-0.1, -0.05) is 30.3 Å². The minimum absolute atomic E-state index is 0.00916. The van der Waals surface area contributed by atoms with Gasteiger partial charge in [-0.3, -0.25) is 9.59 Å². The predicted octanol–water partition coefficient (Wildman–Crippen LogP) is 0.803. The van der Waals surface area contributed by atoms with E-state index in [0.717, 1.165) is 18.7 Å². The summed E-state index contributed by atoms with van der Waals surface area (Å²) in [5.41, 5.74) is 0.658. The van der Waals surface area contributed by atoms with Crippen molar-refractivity contribution in [2.45, 2.75) is 6.04 Å². The van der Waals surface area contributed by atoms with Crippen LogP contribution >= 0.6 is 0 Å². The number of amides is 1. The summed E-state index contributed by atoms with van der Waals surface area (Å²) in [6.07, 6.45) is 2.89. The smallest absolute Gasteiger partial charge is 0.279 e. The predicted molar refractivity (Wildman–Crippen MR) is 84.9 cm³/mol. The maximum atomic E-state index is 12.9. The standard InChI is InChI=1S/C17H18N4O2/c22-16-14(19-6-7-20-16)17(23)21-10-12-8-18-9-13(12)15(21)11-4-2-1-3-5-11/h1-7,12-13,15,18H,8-10H2,(H,20,22)/t12-,13-,15+/m0/s1. The molecule has 2 saturated heterocycles. The van der Waals surface area contributed by atoms with Crippen molar-refractivity contribution in [3.05, 3.63) is 64.3 Å². The van der Waals surface area contributed by atoms with Crippen molar-refractivity contribution in [3.8, 4) is 0 Å². The van der Waals surface area contributed by atoms with Gasteiger partial charge < -0.3 is 15.2 Å². The number of rotatable bonds is 2. The summed E-state index contributed by atoms with van der Waals surface area (Å²) in [4.78, 5) is 33.2. The average Bonchev–Trinajstić information content (AvgIpc) is 3.16. The first-order valence-corrected chi connectivity index (χ1v) is 7.86. The zero-order valence-electron chi connectivity index (χ0n) is 12.6. The van der Waals surface area contributed by atoms with Gasteiger partial charge in [0.15, 0.2) is 5.69 Å². The number of hydrogen-bond donors (Lipinski definition) is 2. The van der Waals surface area contributed by atoms with Crippen LogP contribution < -0.4 is 10.9 Å². The molecule has 3 atom stereocenters. The molecule has 0 unspecified atom stereocenters. The molecule has 0 bridgehead atoms. The molecule has 2 aliphatic heterocycles. The first-order chi connectivity index (χ1) is 11.3. The van der Waals surface area contributed by atoms with E-state index in [-0.39, 0.29) is 17.6 Å². The van der Waals surface area contributed by atoms with Crippen LogP contribution in [0.2, 0.25) is 0 Å². The molecule has 1 aromatic heterocycles. The number of nitrogens with zero attached hydrogens (tertiary/aromatic N) is 2. The monoisotopic (exact) mass is 310 g/mol. The number of benzene rings is 1. The molecule has 1 amide bonds. The Morgan fingerprint density at radius 1 is 1.22 bits per heavy atom. The maximum absolute atomic E-state index is 12.9. The lowest BCUT2D eigenvalue weighted by Gasteiger charge is -2.28. The first kappa shape index (κ1) is 14.1. The Hall–Kier alpha value is -2.47. The second-order valence-electron chi connectivity index (χ2n) is 6.16. The van der Waals surface area contributed by atoms with Crippen LogP contribution in [0.1, 0.15) is 22.1 Å². The molecule has 118 valence electrons. The van der Waals surface area contributed by atoms with E-state index in [9.17, 15) is 9.59 Å². The highest BCUT2D eigenvalue weighted by molar-refractivity contribution is 5.92. The first-order valence-electron chi connectivity index (χ1n) is 7.86. The van der Waals surface area contributed by atoms with Gasteiger partial charge in [-0.15, -0.1) is 0 Å². The van der Waals surface area contributed by atoms with E-state index in [1.165, 1.54) is 12.4 Å². The molecule has 23 heavy (non-hydrogen) atoms. The summed E-state index contributed by atoms with van der Waals surface area (Å²) >= 11 is 0. The highest BCUT2D eigenvalue weighted by atomic mass is 16.2. The summed E-state index contributed by atoms with van der Waals surface area (Å²) < 4.78 is 0. The molecule has 0 aliphatic carbocycles. The molecule has 1 aromatic carbocycles. The number of nitrogens with one attached hydrogen (secondary N) is 2. The fourth-order valence-electron chi connectivity index (χ4n) is 3.85. The van der Waals surface area contributed by atoms with Crippen molar-refractivity contribution in [2.75, 3.05) is 19.6 Å². The van der Waals surface area contributed by atoms with Crippen molar-refractivity contribution < 1.29 is 4.79 Å². The minimum Gasteiger partial charge on any atom is -0.329 e. The summed E-state index contributed by atoms with van der Waals surface area (Å²) in [7, 11) is 0. The number of carbonyl (C=O) groups is 1. The summed E-state index contributed by atoms with van der Waals surface area (Å²) in [6, 6.07) is 10.0. The third kappa shape index (κ3) is 2.35. The molecule has 3 heterocycles. The maximum Gasteiger partial charge on any atom is 0.279 e. The summed E-state index contributed by atoms with van der Waals surface area (Å²) in [5.74, 6) is 0.520. The fraction of sp³-hybridized carbons (Fsp3) is 0.353. The van der Waals surface area contributed by atoms with Crippen LogP contribution in [0.3, 0.4) is 0 Å². The largest absolute Gasteiger partial charge is 0.329 e. The minimum atomic E-state index is -0.431. The lowest BCUT2D eigenvalue weighted by atomic mass is 9.89. The zero-order valence-corrected chi connectivity index (χ0v) is 12.6. The highest BCUT2D eigenvalue weighted by Crippen LogP contribution is 2.42. The van der Waals surface area contributed by atoms with Crippen molar-refractivity contribution in [1.82, 2.24) is 20.2 Å². The van der Waals surface area contributed by atoms with Gasteiger partial charge in [0, 0.05) is 37.9 Å². The normalized spacial score (nSPS) is 26.3. The Morgan fingerprint density at radius 3 is 2.83 bits per heavy atom. The van der Waals surface area contributed by atoms with Crippen LogP contribution in [0.4, 0.5) is 0 Å². The van der Waals surface area contributed by atoms with Crippen LogP contribution in [0.5, 0.6) is 0 Å². The molecule has 2 N–H and O–H groups in total. The van der Waals surface area contributed by atoms with Crippen LogP contribution in [0.15, 0.2) is 47.5 Å². The molecule has 2 aliphatic rings. The number of hydrogen-bond acceptors (Lipinski definition) is 4. The van der Waals surface area contributed by atoms with Crippen molar-refractivity contribution in [1.29, 1.82) is 0 Å². The Morgan fingerprint density at radius 2 is 2.04 bits per heavy atom. The van der Waals surface area contributed by atoms with Gasteiger partial charge in [-0.2, -0.15) is 0 Å². The Bertz CT molecular complexity index is 773. The number of aromatic amines is 1. The third-order valence-corrected chi connectivity index (χ3v) is 4.88.